The molecule has 6 heterocycles. The van der Waals surface area contributed by atoms with Gasteiger partial charge in [0.25, 0.3) is 11.8 Å². The number of hydrogen-bond acceptors (Lipinski definition) is 9. The highest BCUT2D eigenvalue weighted by atomic mass is 32.1. The summed E-state index contributed by atoms with van der Waals surface area (Å²) in [6, 6.07) is 9.01. The first-order chi connectivity index (χ1) is 27.7. The molecule has 11 nitrogen and oxygen atoms in total. The number of alkyl halides is 5. The van der Waals surface area contributed by atoms with E-state index in [-0.39, 0.29) is 30.0 Å². The van der Waals surface area contributed by atoms with Gasteiger partial charge in [-0.05, 0) is 59.7 Å². The number of rotatable bonds is 9. The van der Waals surface area contributed by atoms with Crippen molar-refractivity contribution in [2.45, 2.75) is 56.0 Å². The lowest BCUT2D eigenvalue weighted by atomic mass is 9.93. The van der Waals surface area contributed by atoms with Crippen molar-refractivity contribution in [2.75, 3.05) is 44.3 Å². The highest BCUT2D eigenvalue weighted by molar-refractivity contribution is 7.22. The van der Waals surface area contributed by atoms with Crippen molar-refractivity contribution in [3.8, 4) is 11.1 Å². The predicted molar refractivity (Wildman–Crippen MR) is 195 cm³/mol. The van der Waals surface area contributed by atoms with Crippen LogP contribution in [0.1, 0.15) is 62.5 Å². The minimum atomic E-state index is -5.03. The van der Waals surface area contributed by atoms with E-state index in [0.29, 0.717) is 81.8 Å². The Morgan fingerprint density at radius 3 is 2.48 bits per heavy atom. The second-order valence-corrected chi connectivity index (χ2v) is 16.5. The molecule has 3 aromatic heterocycles. The fraction of sp³-hybridized carbons (Fsp3) is 0.410. The van der Waals surface area contributed by atoms with Crippen LogP contribution < -0.4 is 15.5 Å². The van der Waals surface area contributed by atoms with Crippen LogP contribution in [-0.2, 0) is 41.1 Å². The van der Waals surface area contributed by atoms with Gasteiger partial charge in [-0.15, -0.1) is 0 Å². The van der Waals surface area contributed by atoms with Crippen molar-refractivity contribution in [1.29, 1.82) is 0 Å². The number of pyridine rings is 1. The van der Waals surface area contributed by atoms with Crippen LogP contribution in [0.2, 0.25) is 0 Å². The molecule has 2 aromatic carbocycles. The molecule has 2 saturated heterocycles. The second-order valence-electron chi connectivity index (χ2n) is 15.4. The highest BCUT2D eigenvalue weighted by Crippen LogP contribution is 2.68. The third-order valence-corrected chi connectivity index (χ3v) is 12.8. The average molecular weight is 827 g/mol. The molecular formula is C39H33F7N8O3S. The first-order valence-corrected chi connectivity index (χ1v) is 19.6. The molecule has 19 heteroatoms. The fourth-order valence-corrected chi connectivity index (χ4v) is 9.74. The van der Waals surface area contributed by atoms with Crippen molar-refractivity contribution in [3.63, 3.8) is 0 Å². The van der Waals surface area contributed by atoms with E-state index >= 15 is 8.78 Å². The number of amides is 2. The van der Waals surface area contributed by atoms with Crippen LogP contribution in [0.25, 0.3) is 21.5 Å². The Morgan fingerprint density at radius 2 is 1.78 bits per heavy atom. The maximum atomic E-state index is 15.4. The first-order valence-electron chi connectivity index (χ1n) is 18.8. The van der Waals surface area contributed by atoms with Crippen molar-refractivity contribution in [2.24, 2.45) is 5.92 Å². The lowest BCUT2D eigenvalue weighted by Crippen LogP contribution is -2.56. The molecule has 302 valence electrons. The van der Waals surface area contributed by atoms with Crippen LogP contribution in [0.3, 0.4) is 0 Å². The molecule has 0 radical (unpaired) electrons. The summed E-state index contributed by atoms with van der Waals surface area (Å²) in [5, 5.41) is 9.70. The van der Waals surface area contributed by atoms with Crippen LogP contribution in [-0.4, -0.2) is 81.9 Å². The van der Waals surface area contributed by atoms with Gasteiger partial charge >= 0.3 is 6.18 Å². The number of anilines is 1. The topological polar surface area (TPSA) is 118 Å². The summed E-state index contributed by atoms with van der Waals surface area (Å²) >= 11 is 1.40. The molecule has 0 spiro atoms. The number of fused-ring (bicyclic) bond motifs is 5. The maximum Gasteiger partial charge on any atom is 0.435 e. The largest absolute Gasteiger partial charge is 0.435 e. The summed E-state index contributed by atoms with van der Waals surface area (Å²) in [5.74, 6) is -9.01. The number of nitrogens with zero attached hydrogens (tertiary/aromatic N) is 6. The number of benzene rings is 2. The van der Waals surface area contributed by atoms with E-state index in [1.54, 1.807) is 18.2 Å². The highest BCUT2D eigenvalue weighted by Gasteiger charge is 2.68. The average Bonchev–Trinajstić information content (AvgIpc) is 3.37. The molecule has 1 saturated carbocycles. The molecule has 0 bridgehead atoms. The Morgan fingerprint density at radius 1 is 1.02 bits per heavy atom. The Bertz CT molecular complexity index is 2490. The quantitative estimate of drug-likeness (QED) is 0.176. The molecular weight excluding hydrogens is 794 g/mol. The van der Waals surface area contributed by atoms with E-state index in [2.05, 4.69) is 25.5 Å². The molecule has 1 unspecified atom stereocenters. The zero-order valence-electron chi connectivity index (χ0n) is 30.4. The van der Waals surface area contributed by atoms with Gasteiger partial charge in [0, 0.05) is 61.4 Å². The van der Waals surface area contributed by atoms with Crippen molar-refractivity contribution in [1.82, 2.24) is 35.3 Å². The summed E-state index contributed by atoms with van der Waals surface area (Å²) in [6.07, 6.45) is -5.42. The summed E-state index contributed by atoms with van der Waals surface area (Å²) in [4.78, 5) is 41.0. The van der Waals surface area contributed by atoms with Gasteiger partial charge < -0.3 is 20.3 Å². The Kier molecular flexibility index (Phi) is 8.62. The lowest BCUT2D eigenvalue weighted by molar-refractivity contribution is -0.142. The molecule has 2 aliphatic carbocycles. The molecule has 2 N–H and O–H groups in total. The van der Waals surface area contributed by atoms with Gasteiger partial charge in [-0.25, -0.2) is 13.8 Å². The van der Waals surface area contributed by atoms with Crippen LogP contribution in [0.15, 0.2) is 42.5 Å². The number of carbonyl (C=O) groups excluding carboxylic acids is 2. The van der Waals surface area contributed by atoms with E-state index in [1.807, 2.05) is 6.07 Å². The lowest BCUT2D eigenvalue weighted by Gasteiger charge is -2.42. The smallest absolute Gasteiger partial charge is 0.378 e. The molecule has 2 amide bonds. The van der Waals surface area contributed by atoms with Crippen LogP contribution in [0, 0.1) is 17.6 Å². The van der Waals surface area contributed by atoms with Gasteiger partial charge in [0.2, 0.25) is 5.91 Å². The predicted octanol–water partition coefficient (Wildman–Crippen LogP) is 5.93. The van der Waals surface area contributed by atoms with Crippen molar-refractivity contribution in [3.05, 3.63) is 93.4 Å². The number of thiazole rings is 1. The fourth-order valence-electron chi connectivity index (χ4n) is 8.74. The van der Waals surface area contributed by atoms with Crippen molar-refractivity contribution < 1.29 is 45.1 Å². The van der Waals surface area contributed by atoms with Gasteiger partial charge in [0.1, 0.15) is 23.9 Å². The summed E-state index contributed by atoms with van der Waals surface area (Å²) < 4.78 is 109. The van der Waals surface area contributed by atoms with E-state index < -0.39 is 71.0 Å². The maximum absolute atomic E-state index is 15.4. The minimum absolute atomic E-state index is 0.101. The Hall–Kier alpha value is -5.14. The number of ether oxygens (including phenoxy) is 1. The summed E-state index contributed by atoms with van der Waals surface area (Å²) in [7, 11) is 0. The number of aromatic nitrogens is 4. The van der Waals surface area contributed by atoms with E-state index in [0.717, 1.165) is 30.8 Å². The van der Waals surface area contributed by atoms with Gasteiger partial charge in [0.05, 0.1) is 35.7 Å². The van der Waals surface area contributed by atoms with Gasteiger partial charge in [-0.2, -0.15) is 32.0 Å². The second kappa shape index (κ2) is 13.5. The Balaban J connectivity index is 1.05. The van der Waals surface area contributed by atoms with Gasteiger partial charge in [-0.3, -0.25) is 19.2 Å². The number of halogens is 7. The third kappa shape index (κ3) is 6.37. The molecule has 5 aromatic rings. The molecule has 3 aliphatic heterocycles. The zero-order valence-corrected chi connectivity index (χ0v) is 31.2. The number of piperazine rings is 1. The van der Waals surface area contributed by atoms with Crippen LogP contribution >= 0.6 is 11.3 Å². The van der Waals surface area contributed by atoms with Crippen LogP contribution in [0.4, 0.5) is 35.9 Å². The third-order valence-electron chi connectivity index (χ3n) is 11.7. The zero-order chi connectivity index (χ0) is 40.2. The van der Waals surface area contributed by atoms with Crippen LogP contribution in [0.5, 0.6) is 0 Å². The standard InChI is InChI=1S/C39H33F7N8O3S/c40-21-7-18(8-22(41)11-21)9-28(48-30(55)15-54-34-31(33(51-54)39(44,45)46)26-12-27(26)38(34,42)43)32-24(19-1-2-20-14-47-36(56)25(20)10-19)13-29-35(49-32)50-37(58-29)53-5-3-52(4-6-53)23-16-57-17-23/h1-2,7-8,10-11,13,23,26-28H,3-6,9,12,14-17H2,(H,47,56)(H,48,55)/t26?,27-,28+/m1/s1. The normalized spacial score (nSPS) is 21.7. The van der Waals surface area contributed by atoms with Gasteiger partial charge in [-0.1, -0.05) is 23.5 Å². The molecule has 5 aliphatic rings. The van der Waals surface area contributed by atoms with E-state index in [9.17, 15) is 31.5 Å². The summed E-state index contributed by atoms with van der Waals surface area (Å²) in [5.41, 5.74) is -0.256. The number of nitrogens with one attached hydrogen (secondary N) is 2. The molecule has 58 heavy (non-hydrogen) atoms. The minimum Gasteiger partial charge on any atom is -0.378 e. The first kappa shape index (κ1) is 37.2. The van der Waals surface area contributed by atoms with Gasteiger partial charge in [0.15, 0.2) is 16.5 Å². The monoisotopic (exact) mass is 826 g/mol. The Labute approximate surface area is 329 Å². The van der Waals surface area contributed by atoms with Crippen molar-refractivity contribution >= 4 is 38.6 Å². The van der Waals surface area contributed by atoms with E-state index in [4.69, 9.17) is 14.7 Å². The number of carbonyl (C=O) groups is 2. The molecule has 10 rings (SSSR count). The molecule has 3 atom stereocenters. The van der Waals surface area contributed by atoms with E-state index in [1.165, 1.54) is 11.3 Å². The SMILES string of the molecule is O=C(Cn1nc(C(F)(F)F)c2c1C(F)(F)[C@@H]1CC21)N[C@@H](Cc1cc(F)cc(F)c1)c1nc2nc(N3CCN(C4COC4)CC3)sc2cc1-c1ccc2c(c1)C(=O)NC2. The number of hydrogen-bond donors (Lipinski definition) is 2. The summed E-state index contributed by atoms with van der Waals surface area (Å²) in [6.45, 7) is 3.75. The molecule has 3 fully saturated rings.